The molecule has 0 spiro atoms. The van der Waals surface area contributed by atoms with E-state index in [0.29, 0.717) is 6.61 Å². The van der Waals surface area contributed by atoms with Crippen LogP contribution < -0.4 is 0 Å². The number of carbonyl (C=O) groups is 1. The predicted octanol–water partition coefficient (Wildman–Crippen LogP) is 7.38. The van der Waals surface area contributed by atoms with E-state index in [0.717, 1.165) is 12.8 Å². The van der Waals surface area contributed by atoms with Gasteiger partial charge in [0, 0.05) is 0 Å². The summed E-state index contributed by atoms with van der Waals surface area (Å²) in [5, 5.41) is 0. The number of carbonyl (C=O) groups excluding carboxylic acids is 1. The van der Waals surface area contributed by atoms with Crippen molar-refractivity contribution in [3.05, 3.63) is 0 Å². The third kappa shape index (κ3) is 17.0. The standard InChI is InChI=1S/C18H33Cl3O2/c1-2-3-4-5-6-7-8-9-10-11-12-13-14-15-16-23-17(22)18(19,20)21/h2-16H2,1H3. The molecule has 0 saturated carbocycles. The lowest BCUT2D eigenvalue weighted by Gasteiger charge is -2.10. The van der Waals surface area contributed by atoms with Crippen molar-refractivity contribution in [3.63, 3.8) is 0 Å². The molecule has 0 aromatic heterocycles. The van der Waals surface area contributed by atoms with Crippen molar-refractivity contribution >= 4 is 40.8 Å². The van der Waals surface area contributed by atoms with Crippen LogP contribution in [0.4, 0.5) is 0 Å². The Morgan fingerprint density at radius 3 is 1.39 bits per heavy atom. The summed E-state index contributed by atoms with van der Waals surface area (Å²) in [6.07, 6.45) is 18.1. The molecule has 0 saturated heterocycles. The average molecular weight is 388 g/mol. The number of hydrogen-bond donors (Lipinski definition) is 0. The highest BCUT2D eigenvalue weighted by atomic mass is 35.6. The quantitative estimate of drug-likeness (QED) is 0.166. The molecule has 2 nitrogen and oxygen atoms in total. The SMILES string of the molecule is CCCCCCCCCCCCCCCCOC(=O)C(Cl)(Cl)Cl. The van der Waals surface area contributed by atoms with Gasteiger partial charge < -0.3 is 4.74 Å². The highest BCUT2D eigenvalue weighted by Crippen LogP contribution is 2.27. The number of unbranched alkanes of at least 4 members (excludes halogenated alkanes) is 13. The maximum Gasteiger partial charge on any atom is 0.358 e. The molecule has 0 heterocycles. The van der Waals surface area contributed by atoms with E-state index >= 15 is 0 Å². The van der Waals surface area contributed by atoms with Crippen LogP contribution in [0.3, 0.4) is 0 Å². The van der Waals surface area contributed by atoms with Gasteiger partial charge in [0.05, 0.1) is 6.61 Å². The smallest absolute Gasteiger partial charge is 0.358 e. The van der Waals surface area contributed by atoms with Crippen molar-refractivity contribution in [2.45, 2.75) is 101 Å². The topological polar surface area (TPSA) is 26.3 Å². The molecule has 0 aliphatic carbocycles. The first-order valence-corrected chi connectivity index (χ1v) is 10.4. The van der Waals surface area contributed by atoms with Gasteiger partial charge in [0.15, 0.2) is 0 Å². The molecular formula is C18H33Cl3O2. The van der Waals surface area contributed by atoms with Crippen LogP contribution >= 0.6 is 34.8 Å². The minimum absolute atomic E-state index is 0.338. The fourth-order valence-electron chi connectivity index (χ4n) is 2.54. The second-order valence-electron chi connectivity index (χ2n) is 6.23. The van der Waals surface area contributed by atoms with Gasteiger partial charge in [-0.05, 0) is 6.42 Å². The molecule has 0 rings (SSSR count). The van der Waals surface area contributed by atoms with E-state index in [9.17, 15) is 4.79 Å². The maximum atomic E-state index is 11.2. The number of halogens is 3. The normalized spacial score (nSPS) is 11.7. The molecular weight excluding hydrogens is 355 g/mol. The van der Waals surface area contributed by atoms with Crippen LogP contribution in [0.2, 0.25) is 0 Å². The van der Waals surface area contributed by atoms with E-state index in [2.05, 4.69) is 6.92 Å². The summed E-state index contributed by atoms with van der Waals surface area (Å²) in [6, 6.07) is 0. The second kappa shape index (κ2) is 15.8. The molecule has 0 aromatic rings. The zero-order valence-electron chi connectivity index (χ0n) is 14.6. The Morgan fingerprint density at radius 1 is 0.696 bits per heavy atom. The van der Waals surface area contributed by atoms with Gasteiger partial charge in [-0.1, -0.05) is 125 Å². The van der Waals surface area contributed by atoms with Crippen LogP contribution in [0.5, 0.6) is 0 Å². The summed E-state index contributed by atoms with van der Waals surface area (Å²) in [5.74, 6) is -0.780. The van der Waals surface area contributed by atoms with Gasteiger partial charge in [0.1, 0.15) is 0 Å². The molecule has 5 heteroatoms. The third-order valence-electron chi connectivity index (χ3n) is 3.96. The molecule has 0 aromatic carbocycles. The summed E-state index contributed by atoms with van der Waals surface area (Å²) in [4.78, 5) is 11.2. The monoisotopic (exact) mass is 386 g/mol. The Hall–Kier alpha value is 0.340. The van der Waals surface area contributed by atoms with E-state index in [-0.39, 0.29) is 0 Å². The minimum atomic E-state index is -1.95. The van der Waals surface area contributed by atoms with Crippen molar-refractivity contribution in [2.24, 2.45) is 0 Å². The Labute approximate surface area is 157 Å². The number of esters is 1. The fraction of sp³-hybridized carbons (Fsp3) is 0.944. The van der Waals surface area contributed by atoms with Crippen LogP contribution in [0.15, 0.2) is 0 Å². The first-order valence-electron chi connectivity index (χ1n) is 9.22. The Morgan fingerprint density at radius 2 is 1.04 bits per heavy atom. The van der Waals surface area contributed by atoms with Crippen molar-refractivity contribution in [2.75, 3.05) is 6.61 Å². The summed E-state index contributed by atoms with van der Waals surface area (Å²) in [5.41, 5.74) is 0. The lowest BCUT2D eigenvalue weighted by molar-refractivity contribution is -0.142. The van der Waals surface area contributed by atoms with E-state index in [1.165, 1.54) is 77.0 Å². The fourth-order valence-corrected chi connectivity index (χ4v) is 2.71. The largest absolute Gasteiger partial charge is 0.463 e. The Bertz CT molecular complexity index is 278. The lowest BCUT2D eigenvalue weighted by atomic mass is 10.0. The second-order valence-corrected chi connectivity index (χ2v) is 8.51. The summed E-state index contributed by atoms with van der Waals surface area (Å²) >= 11 is 16.2. The maximum absolute atomic E-state index is 11.2. The predicted molar refractivity (Wildman–Crippen MR) is 102 cm³/mol. The summed E-state index contributed by atoms with van der Waals surface area (Å²) in [7, 11) is 0. The van der Waals surface area contributed by atoms with E-state index in [1.807, 2.05) is 0 Å². The van der Waals surface area contributed by atoms with E-state index < -0.39 is 9.76 Å². The Kier molecular flexibility index (Phi) is 16.1. The van der Waals surface area contributed by atoms with E-state index in [1.54, 1.807) is 0 Å². The number of alkyl halides is 3. The lowest BCUT2D eigenvalue weighted by Crippen LogP contribution is -2.22. The van der Waals surface area contributed by atoms with Gasteiger partial charge in [-0.2, -0.15) is 0 Å². The van der Waals surface area contributed by atoms with Crippen LogP contribution in [-0.4, -0.2) is 16.4 Å². The van der Waals surface area contributed by atoms with Gasteiger partial charge >= 0.3 is 5.97 Å². The van der Waals surface area contributed by atoms with E-state index in [4.69, 9.17) is 39.5 Å². The van der Waals surface area contributed by atoms with Crippen molar-refractivity contribution < 1.29 is 9.53 Å². The van der Waals surface area contributed by atoms with Crippen molar-refractivity contribution in [3.8, 4) is 0 Å². The molecule has 0 fully saturated rings. The molecule has 0 N–H and O–H groups in total. The van der Waals surface area contributed by atoms with Gasteiger partial charge in [-0.3, -0.25) is 0 Å². The van der Waals surface area contributed by atoms with Crippen LogP contribution in [0, 0.1) is 0 Å². The van der Waals surface area contributed by atoms with Crippen molar-refractivity contribution in [1.82, 2.24) is 0 Å². The van der Waals surface area contributed by atoms with Crippen molar-refractivity contribution in [1.29, 1.82) is 0 Å². The number of ether oxygens (including phenoxy) is 1. The molecule has 0 radical (unpaired) electrons. The molecule has 0 aliphatic rings. The number of hydrogen-bond acceptors (Lipinski definition) is 2. The minimum Gasteiger partial charge on any atom is -0.463 e. The summed E-state index contributed by atoms with van der Waals surface area (Å²) < 4.78 is 2.93. The third-order valence-corrected chi connectivity index (χ3v) is 4.43. The average Bonchev–Trinajstić information content (AvgIpc) is 2.50. The zero-order valence-corrected chi connectivity index (χ0v) is 16.8. The van der Waals surface area contributed by atoms with Gasteiger partial charge in [-0.25, -0.2) is 4.79 Å². The van der Waals surface area contributed by atoms with Gasteiger partial charge in [-0.15, -0.1) is 0 Å². The molecule has 0 atom stereocenters. The van der Waals surface area contributed by atoms with Crippen LogP contribution in [0.1, 0.15) is 96.8 Å². The Balaban J connectivity index is 3.12. The van der Waals surface area contributed by atoms with Gasteiger partial charge in [0.2, 0.25) is 0 Å². The highest BCUT2D eigenvalue weighted by molar-refractivity contribution is 6.75. The molecule has 23 heavy (non-hydrogen) atoms. The highest BCUT2D eigenvalue weighted by Gasteiger charge is 2.32. The first-order chi connectivity index (χ1) is 11.0. The molecule has 0 bridgehead atoms. The van der Waals surface area contributed by atoms with Gasteiger partial charge in [0.25, 0.3) is 3.79 Å². The van der Waals surface area contributed by atoms with Crippen LogP contribution in [0.25, 0.3) is 0 Å². The molecule has 0 unspecified atom stereocenters. The molecule has 0 aliphatic heterocycles. The first kappa shape index (κ1) is 23.3. The molecule has 0 amide bonds. The number of rotatable bonds is 15. The summed E-state index contributed by atoms with van der Waals surface area (Å²) in [6.45, 7) is 2.60. The zero-order chi connectivity index (χ0) is 17.4. The van der Waals surface area contributed by atoms with Crippen LogP contribution in [-0.2, 0) is 9.53 Å². The molecule has 138 valence electrons.